The molecule has 28 heavy (non-hydrogen) atoms. The summed E-state index contributed by atoms with van der Waals surface area (Å²) >= 11 is 0. The Labute approximate surface area is 163 Å². The average Bonchev–Trinajstić information content (AvgIpc) is 3.54. The van der Waals surface area contributed by atoms with E-state index in [0.29, 0.717) is 35.9 Å². The fraction of sp³-hybridized carbons (Fsp3) is 0.381. The summed E-state index contributed by atoms with van der Waals surface area (Å²) in [6, 6.07) is 10.0. The SMILES string of the molecule is O=C(Nc1ccc(C(O)C2COCC(=O)N2CC2CC2)cc1)c1cccnc1. The standard InChI is InChI=1S/C21H23N3O4/c25-19-13-28-12-18(24(19)11-14-3-4-14)20(26)15-5-7-17(8-6-15)23-21(27)16-2-1-9-22-10-16/h1-2,5-10,14,18,20,26H,3-4,11-13H2,(H,23,27). The molecule has 0 bridgehead atoms. The maximum atomic E-state index is 12.3. The highest BCUT2D eigenvalue weighted by Crippen LogP contribution is 2.33. The number of nitrogens with one attached hydrogen (secondary N) is 1. The van der Waals surface area contributed by atoms with Crippen molar-refractivity contribution in [3.05, 3.63) is 59.9 Å². The average molecular weight is 381 g/mol. The molecule has 7 heteroatoms. The van der Waals surface area contributed by atoms with E-state index in [4.69, 9.17) is 4.74 Å². The molecular weight excluding hydrogens is 358 g/mol. The number of nitrogens with zero attached hydrogens (tertiary/aromatic N) is 2. The number of aliphatic hydroxyl groups is 1. The summed E-state index contributed by atoms with van der Waals surface area (Å²) in [5.41, 5.74) is 1.78. The number of ether oxygens (including phenoxy) is 1. The molecule has 4 rings (SSSR count). The molecule has 2 fully saturated rings. The molecule has 1 aliphatic carbocycles. The first-order chi connectivity index (χ1) is 13.6. The highest BCUT2D eigenvalue weighted by molar-refractivity contribution is 6.04. The first-order valence-corrected chi connectivity index (χ1v) is 9.48. The van der Waals surface area contributed by atoms with Crippen molar-refractivity contribution in [1.82, 2.24) is 9.88 Å². The summed E-state index contributed by atoms with van der Waals surface area (Å²) in [5, 5.41) is 13.7. The van der Waals surface area contributed by atoms with Crippen LogP contribution in [0.4, 0.5) is 5.69 Å². The van der Waals surface area contributed by atoms with Crippen molar-refractivity contribution in [3.63, 3.8) is 0 Å². The first-order valence-electron chi connectivity index (χ1n) is 9.48. The van der Waals surface area contributed by atoms with Gasteiger partial charge in [0.05, 0.1) is 18.2 Å². The van der Waals surface area contributed by atoms with E-state index in [0.717, 1.165) is 12.8 Å². The summed E-state index contributed by atoms with van der Waals surface area (Å²) in [5.74, 6) is 0.229. The third-order valence-electron chi connectivity index (χ3n) is 5.18. The van der Waals surface area contributed by atoms with Gasteiger partial charge in [0.2, 0.25) is 5.91 Å². The predicted octanol–water partition coefficient (Wildman–Crippen LogP) is 2.00. The minimum Gasteiger partial charge on any atom is -0.386 e. The zero-order chi connectivity index (χ0) is 19.5. The molecule has 2 atom stereocenters. The molecule has 2 heterocycles. The van der Waals surface area contributed by atoms with Crippen LogP contribution >= 0.6 is 0 Å². The van der Waals surface area contributed by atoms with E-state index >= 15 is 0 Å². The second kappa shape index (κ2) is 8.08. The Kier molecular flexibility index (Phi) is 5.36. The lowest BCUT2D eigenvalue weighted by molar-refractivity contribution is -0.154. The Morgan fingerprint density at radius 2 is 2.07 bits per heavy atom. The number of carbonyl (C=O) groups is 2. The molecule has 1 aromatic heterocycles. The minimum atomic E-state index is -0.842. The van der Waals surface area contributed by atoms with Gasteiger partial charge >= 0.3 is 0 Å². The molecule has 1 saturated carbocycles. The molecule has 146 valence electrons. The summed E-state index contributed by atoms with van der Waals surface area (Å²) in [4.78, 5) is 30.2. The van der Waals surface area contributed by atoms with Gasteiger partial charge in [0.25, 0.3) is 5.91 Å². The maximum absolute atomic E-state index is 12.3. The summed E-state index contributed by atoms with van der Waals surface area (Å²) in [7, 11) is 0. The second-order valence-electron chi connectivity index (χ2n) is 7.33. The first kappa shape index (κ1) is 18.6. The molecular formula is C21H23N3O4. The van der Waals surface area contributed by atoms with Crippen LogP contribution in [0.25, 0.3) is 0 Å². The largest absolute Gasteiger partial charge is 0.386 e. The van der Waals surface area contributed by atoms with Crippen molar-refractivity contribution in [2.75, 3.05) is 25.1 Å². The number of anilines is 1. The van der Waals surface area contributed by atoms with Gasteiger partial charge in [-0.2, -0.15) is 0 Å². The Balaban J connectivity index is 1.43. The van der Waals surface area contributed by atoms with E-state index in [-0.39, 0.29) is 18.4 Å². The van der Waals surface area contributed by atoms with Crippen molar-refractivity contribution in [2.45, 2.75) is 25.0 Å². The van der Waals surface area contributed by atoms with Crippen LogP contribution in [0.5, 0.6) is 0 Å². The van der Waals surface area contributed by atoms with Gasteiger partial charge in [0.15, 0.2) is 0 Å². The van der Waals surface area contributed by atoms with E-state index in [1.54, 1.807) is 47.5 Å². The van der Waals surface area contributed by atoms with Crippen LogP contribution in [0.15, 0.2) is 48.8 Å². The van der Waals surface area contributed by atoms with Gasteiger partial charge in [-0.15, -0.1) is 0 Å². The molecule has 1 saturated heterocycles. The molecule has 2 unspecified atom stereocenters. The number of aromatic nitrogens is 1. The Hall–Kier alpha value is -2.77. The number of hydrogen-bond donors (Lipinski definition) is 2. The van der Waals surface area contributed by atoms with Gasteiger partial charge in [-0.05, 0) is 48.6 Å². The van der Waals surface area contributed by atoms with E-state index in [1.807, 2.05) is 0 Å². The van der Waals surface area contributed by atoms with Crippen LogP contribution < -0.4 is 5.32 Å². The molecule has 2 aromatic rings. The van der Waals surface area contributed by atoms with Crippen molar-refractivity contribution in [2.24, 2.45) is 5.92 Å². The number of carbonyl (C=O) groups excluding carboxylic acids is 2. The predicted molar refractivity (Wildman–Crippen MR) is 103 cm³/mol. The lowest BCUT2D eigenvalue weighted by Crippen LogP contribution is -2.52. The second-order valence-corrected chi connectivity index (χ2v) is 7.33. The van der Waals surface area contributed by atoms with Crippen LogP contribution in [0.1, 0.15) is 34.9 Å². The fourth-order valence-corrected chi connectivity index (χ4v) is 3.39. The lowest BCUT2D eigenvalue weighted by Gasteiger charge is -2.38. The van der Waals surface area contributed by atoms with Gasteiger partial charge < -0.3 is 20.1 Å². The minimum absolute atomic E-state index is 0.0671. The molecule has 2 aliphatic rings. The van der Waals surface area contributed by atoms with Crippen molar-refractivity contribution in [1.29, 1.82) is 0 Å². The molecule has 0 spiro atoms. The zero-order valence-electron chi connectivity index (χ0n) is 15.5. The monoisotopic (exact) mass is 381 g/mol. The number of rotatable bonds is 6. The third-order valence-corrected chi connectivity index (χ3v) is 5.18. The lowest BCUT2D eigenvalue weighted by atomic mass is 9.99. The molecule has 1 aliphatic heterocycles. The van der Waals surface area contributed by atoms with Gasteiger partial charge in [-0.1, -0.05) is 12.1 Å². The molecule has 2 N–H and O–H groups in total. The molecule has 2 amide bonds. The van der Waals surface area contributed by atoms with E-state index in [1.165, 1.54) is 6.20 Å². The maximum Gasteiger partial charge on any atom is 0.257 e. The van der Waals surface area contributed by atoms with Gasteiger partial charge in [0, 0.05) is 24.6 Å². The summed E-state index contributed by atoms with van der Waals surface area (Å²) in [6.07, 6.45) is 4.55. The van der Waals surface area contributed by atoms with Crippen LogP contribution in [-0.4, -0.2) is 52.6 Å². The number of amides is 2. The smallest absolute Gasteiger partial charge is 0.257 e. The topological polar surface area (TPSA) is 91.8 Å². The van der Waals surface area contributed by atoms with Crippen LogP contribution in [0.2, 0.25) is 0 Å². The van der Waals surface area contributed by atoms with Gasteiger partial charge in [-0.25, -0.2) is 0 Å². The van der Waals surface area contributed by atoms with Crippen molar-refractivity contribution < 1.29 is 19.4 Å². The number of pyridine rings is 1. The Bertz CT molecular complexity index is 836. The normalized spacial score (nSPS) is 20.7. The van der Waals surface area contributed by atoms with Crippen molar-refractivity contribution in [3.8, 4) is 0 Å². The third kappa shape index (κ3) is 4.21. The summed E-state index contributed by atoms with van der Waals surface area (Å²) < 4.78 is 5.38. The number of benzene rings is 1. The number of aliphatic hydroxyl groups excluding tert-OH is 1. The van der Waals surface area contributed by atoms with E-state index in [9.17, 15) is 14.7 Å². The van der Waals surface area contributed by atoms with Crippen molar-refractivity contribution >= 4 is 17.5 Å². The fourth-order valence-electron chi connectivity index (χ4n) is 3.39. The molecule has 7 nitrogen and oxygen atoms in total. The molecule has 0 radical (unpaired) electrons. The highest BCUT2D eigenvalue weighted by atomic mass is 16.5. The summed E-state index contributed by atoms with van der Waals surface area (Å²) in [6.45, 7) is 1.08. The molecule has 1 aromatic carbocycles. The van der Waals surface area contributed by atoms with E-state index < -0.39 is 12.1 Å². The zero-order valence-corrected chi connectivity index (χ0v) is 15.5. The van der Waals surface area contributed by atoms with Crippen LogP contribution in [-0.2, 0) is 9.53 Å². The Morgan fingerprint density at radius 3 is 2.75 bits per heavy atom. The quantitative estimate of drug-likeness (QED) is 0.799. The van der Waals surface area contributed by atoms with Crippen LogP contribution in [0.3, 0.4) is 0 Å². The van der Waals surface area contributed by atoms with Gasteiger partial charge in [0.1, 0.15) is 12.7 Å². The Morgan fingerprint density at radius 1 is 1.29 bits per heavy atom. The number of morpholine rings is 1. The highest BCUT2D eigenvalue weighted by Gasteiger charge is 2.37. The van der Waals surface area contributed by atoms with Crippen LogP contribution in [0, 0.1) is 5.92 Å². The van der Waals surface area contributed by atoms with E-state index in [2.05, 4.69) is 10.3 Å². The van der Waals surface area contributed by atoms with Gasteiger partial charge in [-0.3, -0.25) is 14.6 Å². The number of hydrogen-bond acceptors (Lipinski definition) is 5.